The second kappa shape index (κ2) is 8.97. The van der Waals surface area contributed by atoms with E-state index in [1.54, 1.807) is 0 Å². The van der Waals surface area contributed by atoms with Gasteiger partial charge in [-0.3, -0.25) is 9.59 Å². The lowest BCUT2D eigenvalue weighted by atomic mass is 9.94. The van der Waals surface area contributed by atoms with Crippen LogP contribution < -0.4 is 5.32 Å². The van der Waals surface area contributed by atoms with E-state index in [-0.39, 0.29) is 23.7 Å². The van der Waals surface area contributed by atoms with Crippen molar-refractivity contribution in [2.75, 3.05) is 31.6 Å². The van der Waals surface area contributed by atoms with E-state index in [1.807, 2.05) is 53.4 Å². The molecule has 0 aromatic heterocycles. The van der Waals surface area contributed by atoms with E-state index < -0.39 is 0 Å². The average Bonchev–Trinajstić information content (AvgIpc) is 3.28. The Morgan fingerprint density at radius 1 is 0.966 bits per heavy atom. The van der Waals surface area contributed by atoms with E-state index >= 15 is 0 Å². The molecule has 1 atom stereocenters. The molecule has 5 nitrogen and oxygen atoms in total. The second-order valence-electron chi connectivity index (χ2n) is 7.74. The lowest BCUT2D eigenvalue weighted by molar-refractivity contribution is -0.138. The number of carbonyl (C=O) groups excluding carboxylic acids is 2. The maximum Gasteiger partial charge on any atom is 0.228 e. The molecule has 2 saturated heterocycles. The topological polar surface area (TPSA) is 58.6 Å². The summed E-state index contributed by atoms with van der Waals surface area (Å²) in [7, 11) is 0. The molecule has 6 heteroatoms. The number of anilines is 1. The van der Waals surface area contributed by atoms with Crippen LogP contribution in [-0.4, -0.2) is 43.0 Å². The number of amides is 2. The van der Waals surface area contributed by atoms with Gasteiger partial charge in [0.25, 0.3) is 0 Å². The summed E-state index contributed by atoms with van der Waals surface area (Å²) in [4.78, 5) is 27.1. The molecule has 0 bridgehead atoms. The van der Waals surface area contributed by atoms with E-state index in [0.717, 1.165) is 23.2 Å². The van der Waals surface area contributed by atoms with Crippen LogP contribution in [-0.2, 0) is 14.3 Å². The predicted molar refractivity (Wildman–Crippen MR) is 114 cm³/mol. The van der Waals surface area contributed by atoms with Crippen LogP contribution in [0.1, 0.15) is 19.3 Å². The first-order chi connectivity index (χ1) is 14.1. The Balaban J connectivity index is 1.34. The highest BCUT2D eigenvalue weighted by atomic mass is 35.5. The number of rotatable bonds is 4. The largest absolute Gasteiger partial charge is 0.381 e. The molecule has 1 N–H and O–H groups in total. The molecule has 0 spiro atoms. The Labute approximate surface area is 176 Å². The number of carbonyl (C=O) groups is 2. The number of halogens is 1. The number of ether oxygens (including phenoxy) is 1. The van der Waals surface area contributed by atoms with Crippen LogP contribution in [0.2, 0.25) is 5.02 Å². The van der Waals surface area contributed by atoms with Crippen LogP contribution in [0.4, 0.5) is 5.69 Å². The van der Waals surface area contributed by atoms with Crippen molar-refractivity contribution in [1.82, 2.24) is 4.90 Å². The van der Waals surface area contributed by atoms with Crippen LogP contribution in [0.5, 0.6) is 0 Å². The molecule has 0 aliphatic carbocycles. The van der Waals surface area contributed by atoms with Gasteiger partial charge >= 0.3 is 0 Å². The average molecular weight is 413 g/mol. The maximum atomic E-state index is 12.7. The first-order valence-electron chi connectivity index (χ1n) is 10.1. The molecule has 152 valence electrons. The minimum atomic E-state index is -0.0753. The number of piperidine rings is 1. The molecule has 29 heavy (non-hydrogen) atoms. The molecular weight excluding hydrogens is 388 g/mol. The lowest BCUT2D eigenvalue weighted by Gasteiger charge is -2.32. The van der Waals surface area contributed by atoms with Crippen molar-refractivity contribution in [3.8, 4) is 11.1 Å². The van der Waals surface area contributed by atoms with Gasteiger partial charge < -0.3 is 15.0 Å². The third-order valence-electron chi connectivity index (χ3n) is 5.74. The number of hydrogen-bond donors (Lipinski definition) is 1. The monoisotopic (exact) mass is 412 g/mol. The number of likely N-dealkylation sites (tertiary alicyclic amines) is 1. The molecule has 0 radical (unpaired) electrons. The highest BCUT2D eigenvalue weighted by Crippen LogP contribution is 2.27. The molecule has 2 aromatic rings. The van der Waals surface area contributed by atoms with Gasteiger partial charge in [-0.15, -0.1) is 0 Å². The van der Waals surface area contributed by atoms with E-state index in [2.05, 4.69) is 5.32 Å². The van der Waals surface area contributed by atoms with E-state index in [9.17, 15) is 9.59 Å². The molecule has 2 heterocycles. The van der Waals surface area contributed by atoms with Crippen LogP contribution in [0.3, 0.4) is 0 Å². The fourth-order valence-electron chi connectivity index (χ4n) is 4.04. The third kappa shape index (κ3) is 4.80. The standard InChI is InChI=1S/C23H25ClN2O3/c24-20-5-1-3-17(13-20)18-4-2-6-21(14-18)25-22(27)16-7-10-26(11-8-16)23(28)19-9-12-29-15-19/h1-6,13-14,16,19H,7-12,15H2,(H,25,27)/t19-/m1/s1. The Morgan fingerprint density at radius 3 is 2.38 bits per heavy atom. The van der Waals surface area contributed by atoms with Gasteiger partial charge in [-0.25, -0.2) is 0 Å². The van der Waals surface area contributed by atoms with E-state index in [1.165, 1.54) is 0 Å². The third-order valence-corrected chi connectivity index (χ3v) is 5.98. The van der Waals surface area contributed by atoms with Crippen molar-refractivity contribution in [2.24, 2.45) is 11.8 Å². The summed E-state index contributed by atoms with van der Waals surface area (Å²) in [6.45, 7) is 2.47. The zero-order valence-electron chi connectivity index (χ0n) is 16.3. The summed E-state index contributed by atoms with van der Waals surface area (Å²) in [6.07, 6.45) is 2.19. The van der Waals surface area contributed by atoms with Crippen molar-refractivity contribution in [3.05, 3.63) is 53.6 Å². The smallest absolute Gasteiger partial charge is 0.228 e. The Kier molecular flexibility index (Phi) is 6.16. The van der Waals surface area contributed by atoms with Gasteiger partial charge in [-0.05, 0) is 54.7 Å². The normalized spacial score (nSPS) is 19.9. The fourth-order valence-corrected chi connectivity index (χ4v) is 4.23. The van der Waals surface area contributed by atoms with Gasteiger partial charge in [0.1, 0.15) is 0 Å². The number of nitrogens with one attached hydrogen (secondary N) is 1. The summed E-state index contributed by atoms with van der Waals surface area (Å²) in [5, 5.41) is 3.72. The van der Waals surface area contributed by atoms with Crippen molar-refractivity contribution in [1.29, 1.82) is 0 Å². The molecule has 0 saturated carbocycles. The molecule has 2 aromatic carbocycles. The number of hydrogen-bond acceptors (Lipinski definition) is 3. The first kappa shape index (κ1) is 19.9. The van der Waals surface area contributed by atoms with Gasteiger partial charge in [-0.1, -0.05) is 35.9 Å². The zero-order valence-corrected chi connectivity index (χ0v) is 17.0. The van der Waals surface area contributed by atoms with Crippen LogP contribution in [0.25, 0.3) is 11.1 Å². The fraction of sp³-hybridized carbons (Fsp3) is 0.391. The Morgan fingerprint density at radius 2 is 1.69 bits per heavy atom. The van der Waals surface area contributed by atoms with Gasteiger partial charge in [0.15, 0.2) is 0 Å². The molecule has 2 fully saturated rings. The highest BCUT2D eigenvalue weighted by molar-refractivity contribution is 6.30. The molecule has 2 aliphatic rings. The lowest BCUT2D eigenvalue weighted by Crippen LogP contribution is -2.44. The molecular formula is C23H25ClN2O3. The Bertz CT molecular complexity index is 887. The van der Waals surface area contributed by atoms with E-state index in [0.29, 0.717) is 44.2 Å². The van der Waals surface area contributed by atoms with Crippen LogP contribution in [0, 0.1) is 11.8 Å². The van der Waals surface area contributed by atoms with Crippen LogP contribution in [0.15, 0.2) is 48.5 Å². The maximum absolute atomic E-state index is 12.7. The van der Waals surface area contributed by atoms with Gasteiger partial charge in [-0.2, -0.15) is 0 Å². The SMILES string of the molecule is O=C(Nc1cccc(-c2cccc(Cl)c2)c1)C1CCN(C(=O)[C@@H]2CCOC2)CC1. The Hall–Kier alpha value is -2.37. The summed E-state index contributed by atoms with van der Waals surface area (Å²) < 4.78 is 5.32. The highest BCUT2D eigenvalue weighted by Gasteiger charge is 2.32. The zero-order chi connectivity index (χ0) is 20.2. The summed E-state index contributed by atoms with van der Waals surface area (Å²) in [5.74, 6) is 0.114. The van der Waals surface area contributed by atoms with Gasteiger partial charge in [0, 0.05) is 36.3 Å². The van der Waals surface area contributed by atoms with Crippen molar-refractivity contribution < 1.29 is 14.3 Å². The number of benzene rings is 2. The molecule has 0 unspecified atom stereocenters. The first-order valence-corrected chi connectivity index (χ1v) is 10.5. The van der Waals surface area contributed by atoms with Crippen molar-refractivity contribution >= 4 is 29.1 Å². The quantitative estimate of drug-likeness (QED) is 0.817. The summed E-state index contributed by atoms with van der Waals surface area (Å²) in [6, 6.07) is 15.4. The van der Waals surface area contributed by atoms with Gasteiger partial charge in [0.05, 0.1) is 12.5 Å². The molecule has 2 aliphatic heterocycles. The number of nitrogens with zero attached hydrogens (tertiary/aromatic N) is 1. The summed E-state index contributed by atoms with van der Waals surface area (Å²) in [5.41, 5.74) is 2.79. The summed E-state index contributed by atoms with van der Waals surface area (Å²) >= 11 is 6.09. The van der Waals surface area contributed by atoms with Crippen molar-refractivity contribution in [3.63, 3.8) is 0 Å². The molecule has 2 amide bonds. The van der Waals surface area contributed by atoms with Gasteiger partial charge in [0.2, 0.25) is 11.8 Å². The predicted octanol–water partition coefficient (Wildman–Crippen LogP) is 4.22. The van der Waals surface area contributed by atoms with Crippen molar-refractivity contribution in [2.45, 2.75) is 19.3 Å². The van der Waals surface area contributed by atoms with E-state index in [4.69, 9.17) is 16.3 Å². The minimum Gasteiger partial charge on any atom is -0.381 e. The second-order valence-corrected chi connectivity index (χ2v) is 8.18. The minimum absolute atomic E-state index is 0.00499. The molecule has 4 rings (SSSR count). The van der Waals surface area contributed by atoms with Crippen LogP contribution >= 0.6 is 11.6 Å².